The third-order valence-electron chi connectivity index (χ3n) is 7.24. The van der Waals surface area contributed by atoms with Crippen LogP contribution in [0.1, 0.15) is 64.0 Å². The van der Waals surface area contributed by atoms with Crippen LogP contribution in [0.25, 0.3) is 10.8 Å². The van der Waals surface area contributed by atoms with E-state index < -0.39 is 0 Å². The van der Waals surface area contributed by atoms with Gasteiger partial charge >= 0.3 is 0 Å². The van der Waals surface area contributed by atoms with Gasteiger partial charge in [0.15, 0.2) is 0 Å². The van der Waals surface area contributed by atoms with E-state index in [1.54, 1.807) is 7.11 Å². The highest BCUT2D eigenvalue weighted by molar-refractivity contribution is 6.37. The number of unbranched alkanes of at least 4 members (excludes halogenated alkanes) is 1. The SMILES string of the molecule is CC.CCCCC(C(C)c1ccc2c(Cl)c(OC)ccc2c1)N1CCN(Cc2ccccc2)CC1. The molecule has 0 radical (unpaired) electrons. The topological polar surface area (TPSA) is 15.7 Å². The molecule has 3 nitrogen and oxygen atoms in total. The number of rotatable bonds is 9. The first kappa shape index (κ1) is 27.5. The van der Waals surface area contributed by atoms with E-state index in [1.807, 2.05) is 19.9 Å². The van der Waals surface area contributed by atoms with Crippen LogP contribution in [0, 0.1) is 0 Å². The van der Waals surface area contributed by atoms with Gasteiger partial charge in [0.25, 0.3) is 0 Å². The van der Waals surface area contributed by atoms with E-state index >= 15 is 0 Å². The summed E-state index contributed by atoms with van der Waals surface area (Å²) in [6.45, 7) is 14.3. The molecule has 0 N–H and O–H groups in total. The number of nitrogens with zero attached hydrogens (tertiary/aromatic N) is 2. The molecule has 1 saturated heterocycles. The first-order valence-electron chi connectivity index (χ1n) is 13.4. The number of piperazine rings is 1. The number of hydrogen-bond donors (Lipinski definition) is 0. The summed E-state index contributed by atoms with van der Waals surface area (Å²) < 4.78 is 5.40. The Bertz CT molecular complexity index is 1030. The lowest BCUT2D eigenvalue weighted by atomic mass is 9.87. The molecule has 0 aliphatic carbocycles. The minimum Gasteiger partial charge on any atom is -0.495 e. The first-order chi connectivity index (χ1) is 17.1. The number of ether oxygens (including phenoxy) is 1. The number of methoxy groups -OCH3 is 1. The summed E-state index contributed by atoms with van der Waals surface area (Å²) in [5, 5.41) is 2.95. The smallest absolute Gasteiger partial charge is 0.138 e. The highest BCUT2D eigenvalue weighted by Gasteiger charge is 2.28. The largest absolute Gasteiger partial charge is 0.495 e. The summed E-state index contributed by atoms with van der Waals surface area (Å²) in [6, 6.07) is 22.3. The van der Waals surface area contributed by atoms with Crippen molar-refractivity contribution in [2.75, 3.05) is 33.3 Å². The Kier molecular flexibility index (Phi) is 10.9. The summed E-state index contributed by atoms with van der Waals surface area (Å²) in [4.78, 5) is 5.34. The monoisotopic (exact) mass is 494 g/mol. The average molecular weight is 495 g/mol. The molecule has 0 bridgehead atoms. The van der Waals surface area contributed by atoms with Crippen LogP contribution >= 0.6 is 11.6 Å². The Morgan fingerprint density at radius 3 is 2.31 bits per heavy atom. The third-order valence-corrected chi connectivity index (χ3v) is 7.63. The number of fused-ring (bicyclic) bond motifs is 1. The molecule has 1 heterocycles. The van der Waals surface area contributed by atoms with Crippen molar-refractivity contribution in [3.63, 3.8) is 0 Å². The van der Waals surface area contributed by atoms with E-state index in [4.69, 9.17) is 16.3 Å². The Balaban J connectivity index is 0.00000167. The van der Waals surface area contributed by atoms with E-state index in [-0.39, 0.29) is 0 Å². The predicted molar refractivity (Wildman–Crippen MR) is 152 cm³/mol. The molecular formula is C31H43ClN2O. The van der Waals surface area contributed by atoms with Gasteiger partial charge in [0, 0.05) is 44.2 Å². The highest BCUT2D eigenvalue weighted by Crippen LogP contribution is 2.35. The summed E-state index contributed by atoms with van der Waals surface area (Å²) in [5.41, 5.74) is 2.81. The standard InChI is InChI=1S/C29H37ClN2O.C2H6/c1-4-5-11-27(32-18-16-31(17-19-32)21-23-9-7-6-8-10-23)22(2)24-12-14-26-25(20-24)13-15-28(33-3)29(26)30;1-2/h6-10,12-15,20,22,27H,4-5,11,16-19,21H2,1-3H3;1-2H3. The molecular weight excluding hydrogens is 452 g/mol. The van der Waals surface area contributed by atoms with Crippen LogP contribution in [-0.4, -0.2) is 49.1 Å². The second-order valence-electron chi connectivity index (χ2n) is 9.36. The van der Waals surface area contributed by atoms with Crippen molar-refractivity contribution in [2.45, 2.75) is 65.5 Å². The van der Waals surface area contributed by atoms with Gasteiger partial charge in [-0.25, -0.2) is 0 Å². The number of halogens is 1. The highest BCUT2D eigenvalue weighted by atomic mass is 35.5. The van der Waals surface area contributed by atoms with Crippen molar-refractivity contribution in [1.82, 2.24) is 9.80 Å². The second kappa shape index (κ2) is 13.9. The Morgan fingerprint density at radius 1 is 0.943 bits per heavy atom. The Hall–Kier alpha value is -2.07. The molecule has 3 aromatic carbocycles. The minimum atomic E-state index is 0.475. The maximum absolute atomic E-state index is 6.56. The van der Waals surface area contributed by atoms with Crippen molar-refractivity contribution < 1.29 is 4.74 Å². The lowest BCUT2D eigenvalue weighted by Crippen LogP contribution is -2.51. The summed E-state index contributed by atoms with van der Waals surface area (Å²) in [6.07, 6.45) is 3.76. The normalized spacial score (nSPS) is 16.4. The van der Waals surface area contributed by atoms with Crippen LogP contribution in [0.4, 0.5) is 0 Å². The molecule has 2 unspecified atom stereocenters. The van der Waals surface area contributed by atoms with Crippen LogP contribution < -0.4 is 4.74 Å². The summed E-state index contributed by atoms with van der Waals surface area (Å²) in [5.74, 6) is 1.21. The molecule has 4 rings (SSSR count). The van der Waals surface area contributed by atoms with Crippen molar-refractivity contribution in [2.24, 2.45) is 0 Å². The molecule has 1 aliphatic heterocycles. The zero-order valence-electron chi connectivity index (χ0n) is 22.3. The van der Waals surface area contributed by atoms with Crippen molar-refractivity contribution in [3.05, 3.63) is 76.8 Å². The fourth-order valence-corrected chi connectivity index (χ4v) is 5.52. The van der Waals surface area contributed by atoms with Crippen LogP contribution in [-0.2, 0) is 6.54 Å². The van der Waals surface area contributed by atoms with Gasteiger partial charge in [-0.3, -0.25) is 9.80 Å². The molecule has 0 spiro atoms. The Labute approximate surface area is 218 Å². The third kappa shape index (κ3) is 7.00. The van der Waals surface area contributed by atoms with Crippen LogP contribution in [0.3, 0.4) is 0 Å². The van der Waals surface area contributed by atoms with Crippen molar-refractivity contribution in [1.29, 1.82) is 0 Å². The maximum Gasteiger partial charge on any atom is 0.138 e. The van der Waals surface area contributed by atoms with E-state index in [2.05, 4.69) is 78.2 Å². The first-order valence-corrected chi connectivity index (χ1v) is 13.7. The summed E-state index contributed by atoms with van der Waals surface area (Å²) in [7, 11) is 1.67. The van der Waals surface area contributed by atoms with Gasteiger partial charge in [0.1, 0.15) is 5.75 Å². The lowest BCUT2D eigenvalue weighted by molar-refractivity contribution is 0.0774. The molecule has 1 aliphatic rings. The van der Waals surface area contributed by atoms with Gasteiger partial charge in [-0.1, -0.05) is 107 Å². The van der Waals surface area contributed by atoms with E-state index in [0.29, 0.717) is 17.0 Å². The van der Waals surface area contributed by atoms with Gasteiger partial charge in [0.2, 0.25) is 0 Å². The van der Waals surface area contributed by atoms with E-state index in [1.165, 1.54) is 35.8 Å². The van der Waals surface area contributed by atoms with Gasteiger partial charge in [-0.15, -0.1) is 0 Å². The van der Waals surface area contributed by atoms with Gasteiger partial charge in [-0.2, -0.15) is 0 Å². The minimum absolute atomic E-state index is 0.475. The number of benzene rings is 3. The second-order valence-corrected chi connectivity index (χ2v) is 9.74. The molecule has 2 atom stereocenters. The van der Waals surface area contributed by atoms with Crippen molar-refractivity contribution in [3.8, 4) is 5.75 Å². The van der Waals surface area contributed by atoms with Crippen LogP contribution in [0.2, 0.25) is 5.02 Å². The zero-order chi connectivity index (χ0) is 25.2. The predicted octanol–water partition coefficient (Wildman–Crippen LogP) is 8.01. The van der Waals surface area contributed by atoms with Gasteiger partial charge in [-0.05, 0) is 34.9 Å². The van der Waals surface area contributed by atoms with Gasteiger partial charge in [0.05, 0.1) is 12.1 Å². The van der Waals surface area contributed by atoms with Crippen molar-refractivity contribution >= 4 is 22.4 Å². The molecule has 35 heavy (non-hydrogen) atoms. The van der Waals surface area contributed by atoms with Gasteiger partial charge < -0.3 is 4.74 Å². The zero-order valence-corrected chi connectivity index (χ0v) is 23.0. The lowest BCUT2D eigenvalue weighted by Gasteiger charge is -2.42. The summed E-state index contributed by atoms with van der Waals surface area (Å²) >= 11 is 6.56. The molecule has 0 aromatic heterocycles. The molecule has 190 valence electrons. The molecule has 3 aromatic rings. The van der Waals surface area contributed by atoms with Crippen LogP contribution in [0.5, 0.6) is 5.75 Å². The van der Waals surface area contributed by atoms with E-state index in [0.717, 1.165) is 43.9 Å². The van der Waals surface area contributed by atoms with Crippen LogP contribution in [0.15, 0.2) is 60.7 Å². The molecule has 0 amide bonds. The molecule has 4 heteroatoms. The maximum atomic E-state index is 6.56. The molecule has 0 saturated carbocycles. The molecule has 1 fully saturated rings. The fourth-order valence-electron chi connectivity index (χ4n) is 5.21. The number of hydrogen-bond acceptors (Lipinski definition) is 3. The fraction of sp³-hybridized carbons (Fsp3) is 0.484. The average Bonchev–Trinajstić information content (AvgIpc) is 2.91. The quantitative estimate of drug-likeness (QED) is 0.299. The Morgan fingerprint density at radius 2 is 1.66 bits per heavy atom. The van der Waals surface area contributed by atoms with E-state index in [9.17, 15) is 0 Å².